The normalized spacial score (nSPS) is 14.0. The Bertz CT molecular complexity index is 714. The third-order valence-corrected chi connectivity index (χ3v) is 3.46. The first-order chi connectivity index (χ1) is 8.31. The summed E-state index contributed by atoms with van der Waals surface area (Å²) in [4.78, 5) is 0. The van der Waals surface area contributed by atoms with Gasteiger partial charge in [0.2, 0.25) is 0 Å². The molecule has 86 valence electrons. The SMILES string of the molecule is CCn1c2c(c3cc(C)ccc31)=CC=CCC=2. The summed E-state index contributed by atoms with van der Waals surface area (Å²) in [6, 6.07) is 6.74. The Morgan fingerprint density at radius 2 is 2.18 bits per heavy atom. The zero-order valence-corrected chi connectivity index (χ0v) is 10.4. The predicted molar refractivity (Wildman–Crippen MR) is 74.3 cm³/mol. The molecule has 1 heterocycles. The van der Waals surface area contributed by atoms with Crippen molar-refractivity contribution in [1.82, 2.24) is 4.57 Å². The topological polar surface area (TPSA) is 4.93 Å². The summed E-state index contributed by atoms with van der Waals surface area (Å²) in [6.07, 6.45) is 9.98. The Morgan fingerprint density at radius 3 is 3.00 bits per heavy atom. The van der Waals surface area contributed by atoms with Crippen molar-refractivity contribution in [3.8, 4) is 0 Å². The largest absolute Gasteiger partial charge is 0.341 e. The maximum Gasteiger partial charge on any atom is 0.0491 e. The minimum Gasteiger partial charge on any atom is -0.341 e. The minimum absolute atomic E-state index is 1.03. The standard InChI is InChI=1S/C16H17N/c1-3-17-15-8-6-4-5-7-13(15)14-11-12(2)9-10-16(14)17/h4-5,7-11H,3,6H2,1-2H3. The van der Waals surface area contributed by atoms with Crippen molar-refractivity contribution in [3.05, 3.63) is 46.5 Å². The molecule has 3 rings (SSSR count). The first kappa shape index (κ1) is 10.4. The van der Waals surface area contributed by atoms with Gasteiger partial charge in [0.05, 0.1) is 0 Å². The van der Waals surface area contributed by atoms with Crippen LogP contribution in [0.5, 0.6) is 0 Å². The lowest BCUT2D eigenvalue weighted by molar-refractivity contribution is 0.770. The lowest BCUT2D eigenvalue weighted by Gasteiger charge is -2.01. The molecule has 0 unspecified atom stereocenters. The molecule has 1 aliphatic rings. The third kappa shape index (κ3) is 1.54. The van der Waals surface area contributed by atoms with Crippen molar-refractivity contribution in [3.63, 3.8) is 0 Å². The van der Waals surface area contributed by atoms with Crippen LogP contribution in [0.25, 0.3) is 23.1 Å². The van der Waals surface area contributed by atoms with E-state index in [9.17, 15) is 0 Å². The zero-order valence-electron chi connectivity index (χ0n) is 10.4. The number of nitrogens with zero attached hydrogens (tertiary/aromatic N) is 1. The van der Waals surface area contributed by atoms with Gasteiger partial charge in [-0.3, -0.25) is 0 Å². The Balaban J connectivity index is 2.58. The van der Waals surface area contributed by atoms with Gasteiger partial charge in [0.15, 0.2) is 0 Å². The molecule has 0 N–H and O–H groups in total. The van der Waals surface area contributed by atoms with E-state index in [1.54, 1.807) is 0 Å². The lowest BCUT2D eigenvalue weighted by atomic mass is 10.1. The Morgan fingerprint density at radius 1 is 1.29 bits per heavy atom. The molecule has 1 aromatic carbocycles. The summed E-state index contributed by atoms with van der Waals surface area (Å²) in [7, 11) is 0. The minimum atomic E-state index is 1.03. The number of aromatic nitrogens is 1. The smallest absolute Gasteiger partial charge is 0.0491 e. The van der Waals surface area contributed by atoms with Gasteiger partial charge < -0.3 is 4.57 Å². The summed E-state index contributed by atoms with van der Waals surface area (Å²) in [5.74, 6) is 0. The molecule has 1 aromatic heterocycles. The van der Waals surface area contributed by atoms with Crippen molar-refractivity contribution in [2.45, 2.75) is 26.8 Å². The number of benzene rings is 1. The van der Waals surface area contributed by atoms with Gasteiger partial charge in [0.1, 0.15) is 0 Å². The molecule has 1 aliphatic carbocycles. The fourth-order valence-electron chi connectivity index (χ4n) is 2.67. The summed E-state index contributed by atoms with van der Waals surface area (Å²) in [6.45, 7) is 5.40. The molecule has 0 spiro atoms. The number of aryl methyl sites for hydroxylation is 2. The maximum absolute atomic E-state index is 2.41. The second-order valence-corrected chi connectivity index (χ2v) is 4.60. The van der Waals surface area contributed by atoms with E-state index in [-0.39, 0.29) is 0 Å². The van der Waals surface area contributed by atoms with E-state index in [1.807, 2.05) is 0 Å². The highest BCUT2D eigenvalue weighted by molar-refractivity contribution is 5.83. The van der Waals surface area contributed by atoms with Crippen LogP contribution in [0, 0.1) is 6.92 Å². The molecule has 0 bridgehead atoms. The molecular weight excluding hydrogens is 206 g/mol. The van der Waals surface area contributed by atoms with Crippen molar-refractivity contribution in [1.29, 1.82) is 0 Å². The first-order valence-electron chi connectivity index (χ1n) is 6.27. The molecule has 0 saturated carbocycles. The molecule has 0 aliphatic heterocycles. The van der Waals surface area contributed by atoms with Gasteiger partial charge in [0, 0.05) is 28.0 Å². The quantitative estimate of drug-likeness (QED) is 0.700. The number of fused-ring (bicyclic) bond motifs is 3. The van der Waals surface area contributed by atoms with Crippen LogP contribution in [0.15, 0.2) is 30.4 Å². The highest BCUT2D eigenvalue weighted by Crippen LogP contribution is 2.12. The molecule has 0 radical (unpaired) electrons. The summed E-state index contributed by atoms with van der Waals surface area (Å²) in [5, 5.41) is 4.13. The van der Waals surface area contributed by atoms with Crippen LogP contribution in [-0.2, 0) is 6.54 Å². The van der Waals surface area contributed by atoms with Gasteiger partial charge in [-0.2, -0.15) is 0 Å². The molecule has 1 heteroatoms. The number of hydrogen-bond donors (Lipinski definition) is 0. The third-order valence-electron chi connectivity index (χ3n) is 3.46. The van der Waals surface area contributed by atoms with Gasteiger partial charge in [-0.15, -0.1) is 0 Å². The van der Waals surface area contributed by atoms with Crippen LogP contribution >= 0.6 is 0 Å². The van der Waals surface area contributed by atoms with Crippen LogP contribution in [0.3, 0.4) is 0 Å². The van der Waals surface area contributed by atoms with E-state index < -0.39 is 0 Å². The molecule has 17 heavy (non-hydrogen) atoms. The second kappa shape index (κ2) is 3.92. The maximum atomic E-state index is 2.41. The van der Waals surface area contributed by atoms with E-state index in [4.69, 9.17) is 0 Å². The molecular formula is C16H17N. The van der Waals surface area contributed by atoms with Crippen LogP contribution in [0.4, 0.5) is 0 Å². The number of hydrogen-bond acceptors (Lipinski definition) is 0. The van der Waals surface area contributed by atoms with Crippen LogP contribution in [0.1, 0.15) is 18.9 Å². The van der Waals surface area contributed by atoms with Gasteiger partial charge in [0.25, 0.3) is 0 Å². The van der Waals surface area contributed by atoms with E-state index in [0.717, 1.165) is 13.0 Å². The molecule has 0 saturated heterocycles. The summed E-state index contributed by atoms with van der Waals surface area (Å²) >= 11 is 0. The van der Waals surface area contributed by atoms with E-state index in [0.29, 0.717) is 0 Å². The predicted octanol–water partition coefficient (Wildman–Crippen LogP) is 2.49. The molecule has 1 nitrogen and oxygen atoms in total. The Kier molecular flexibility index (Phi) is 2.40. The zero-order chi connectivity index (χ0) is 11.8. The lowest BCUT2D eigenvalue weighted by Crippen LogP contribution is -2.28. The van der Waals surface area contributed by atoms with Crippen molar-refractivity contribution >= 4 is 23.1 Å². The average molecular weight is 223 g/mol. The number of allylic oxidation sites excluding steroid dienone is 2. The van der Waals surface area contributed by atoms with Gasteiger partial charge in [-0.1, -0.05) is 35.9 Å². The van der Waals surface area contributed by atoms with E-state index >= 15 is 0 Å². The molecule has 0 fully saturated rings. The van der Waals surface area contributed by atoms with Crippen LogP contribution in [-0.4, -0.2) is 4.57 Å². The van der Waals surface area contributed by atoms with Gasteiger partial charge in [-0.05, 0) is 32.4 Å². The Hall–Kier alpha value is -1.76. The monoisotopic (exact) mass is 223 g/mol. The second-order valence-electron chi connectivity index (χ2n) is 4.60. The summed E-state index contributed by atoms with van der Waals surface area (Å²) in [5.41, 5.74) is 2.68. The summed E-state index contributed by atoms with van der Waals surface area (Å²) < 4.78 is 2.41. The molecule has 0 amide bonds. The number of rotatable bonds is 1. The van der Waals surface area contributed by atoms with Gasteiger partial charge in [-0.25, -0.2) is 0 Å². The molecule has 0 atom stereocenters. The fraction of sp³-hybridized carbons (Fsp3) is 0.250. The average Bonchev–Trinajstić information content (AvgIpc) is 2.51. The highest BCUT2D eigenvalue weighted by Gasteiger charge is 2.06. The van der Waals surface area contributed by atoms with Crippen LogP contribution in [0.2, 0.25) is 0 Å². The molecule has 2 aromatic rings. The van der Waals surface area contributed by atoms with E-state index in [2.05, 4.69) is 60.9 Å². The fourth-order valence-corrected chi connectivity index (χ4v) is 2.67. The van der Waals surface area contributed by atoms with Gasteiger partial charge >= 0.3 is 0 Å². The highest BCUT2D eigenvalue weighted by atomic mass is 15.0. The van der Waals surface area contributed by atoms with Crippen molar-refractivity contribution < 1.29 is 0 Å². The van der Waals surface area contributed by atoms with Crippen LogP contribution < -0.4 is 10.6 Å². The van der Waals surface area contributed by atoms with Crippen molar-refractivity contribution in [2.75, 3.05) is 0 Å². The first-order valence-corrected chi connectivity index (χ1v) is 6.27. The van der Waals surface area contributed by atoms with E-state index in [1.165, 1.54) is 27.0 Å². The van der Waals surface area contributed by atoms with Crippen molar-refractivity contribution in [2.24, 2.45) is 0 Å². The Labute approximate surface area is 101 Å².